The molecule has 0 radical (unpaired) electrons. The van der Waals surface area contributed by atoms with Gasteiger partial charge in [-0.1, -0.05) is 12.2 Å². The molecule has 2 atom stereocenters. The summed E-state index contributed by atoms with van der Waals surface area (Å²) in [7, 11) is 1.66. The second-order valence-electron chi connectivity index (χ2n) is 4.91. The monoisotopic (exact) mass is 280 g/mol. The van der Waals surface area contributed by atoms with E-state index < -0.39 is 0 Å². The summed E-state index contributed by atoms with van der Waals surface area (Å²) in [6, 6.07) is 5.78. The number of hydrogen-bond donors (Lipinski definition) is 1. The second-order valence-corrected chi connectivity index (χ2v) is 5.35. The summed E-state index contributed by atoms with van der Waals surface area (Å²) in [6.07, 6.45) is 0.378. The first-order chi connectivity index (χ1) is 9.01. The number of morpholine rings is 1. The zero-order valence-electron chi connectivity index (χ0n) is 11.6. The van der Waals surface area contributed by atoms with Crippen LogP contribution in [0.5, 0.6) is 5.75 Å². The minimum Gasteiger partial charge on any atom is -0.497 e. The smallest absolute Gasteiger partial charge is 0.120 e. The van der Waals surface area contributed by atoms with Crippen LogP contribution >= 0.6 is 12.2 Å². The average molecular weight is 280 g/mol. The molecule has 104 valence electrons. The number of benzene rings is 1. The SMILES string of the molecule is COc1ccc(C(N)=S)c(N2C[C@@H](C)O[C@@H](C)C2)c1. The van der Waals surface area contributed by atoms with Crippen molar-refractivity contribution < 1.29 is 9.47 Å². The van der Waals surface area contributed by atoms with Crippen LogP contribution in [0.3, 0.4) is 0 Å². The third-order valence-corrected chi connectivity index (χ3v) is 3.45. The topological polar surface area (TPSA) is 47.7 Å². The van der Waals surface area contributed by atoms with E-state index in [1.165, 1.54) is 0 Å². The van der Waals surface area contributed by atoms with Crippen LogP contribution in [-0.4, -0.2) is 37.4 Å². The van der Waals surface area contributed by atoms with Crippen LogP contribution in [0.1, 0.15) is 19.4 Å². The predicted molar refractivity (Wildman–Crippen MR) is 81.1 cm³/mol. The molecule has 1 aliphatic rings. The number of rotatable bonds is 3. The van der Waals surface area contributed by atoms with Gasteiger partial charge in [0, 0.05) is 24.7 Å². The largest absolute Gasteiger partial charge is 0.497 e. The molecule has 2 rings (SSSR count). The molecule has 4 nitrogen and oxygen atoms in total. The summed E-state index contributed by atoms with van der Waals surface area (Å²) in [6.45, 7) is 5.80. The molecular weight excluding hydrogens is 260 g/mol. The van der Waals surface area contributed by atoms with E-state index in [1.807, 2.05) is 18.2 Å². The molecule has 0 saturated carbocycles. The Kier molecular flexibility index (Phi) is 4.27. The highest BCUT2D eigenvalue weighted by Crippen LogP contribution is 2.28. The van der Waals surface area contributed by atoms with E-state index in [0.717, 1.165) is 30.1 Å². The van der Waals surface area contributed by atoms with Crippen LogP contribution in [0.15, 0.2) is 18.2 Å². The van der Waals surface area contributed by atoms with E-state index >= 15 is 0 Å². The van der Waals surface area contributed by atoms with Crippen molar-refractivity contribution in [1.29, 1.82) is 0 Å². The van der Waals surface area contributed by atoms with Gasteiger partial charge in [-0.15, -0.1) is 0 Å². The number of methoxy groups -OCH3 is 1. The Balaban J connectivity index is 2.38. The van der Waals surface area contributed by atoms with E-state index in [-0.39, 0.29) is 12.2 Å². The lowest BCUT2D eigenvalue weighted by Crippen LogP contribution is -2.46. The maximum Gasteiger partial charge on any atom is 0.120 e. The van der Waals surface area contributed by atoms with Gasteiger partial charge >= 0.3 is 0 Å². The van der Waals surface area contributed by atoms with Crippen LogP contribution in [0.2, 0.25) is 0 Å². The molecule has 1 heterocycles. The zero-order chi connectivity index (χ0) is 14.0. The van der Waals surface area contributed by atoms with E-state index in [1.54, 1.807) is 7.11 Å². The Bertz CT molecular complexity index is 469. The molecule has 1 fully saturated rings. The van der Waals surface area contributed by atoms with Crippen molar-refractivity contribution >= 4 is 22.9 Å². The van der Waals surface area contributed by atoms with Crippen molar-refractivity contribution in [2.24, 2.45) is 5.73 Å². The van der Waals surface area contributed by atoms with Crippen LogP contribution in [-0.2, 0) is 4.74 Å². The van der Waals surface area contributed by atoms with Crippen molar-refractivity contribution in [3.8, 4) is 5.75 Å². The Morgan fingerprint density at radius 1 is 1.37 bits per heavy atom. The number of nitrogens with two attached hydrogens (primary N) is 1. The van der Waals surface area contributed by atoms with Crippen LogP contribution < -0.4 is 15.4 Å². The molecule has 0 aromatic heterocycles. The van der Waals surface area contributed by atoms with Gasteiger partial charge in [-0.05, 0) is 26.0 Å². The third kappa shape index (κ3) is 3.16. The molecule has 1 aliphatic heterocycles. The maximum atomic E-state index is 5.81. The molecular formula is C14H20N2O2S. The van der Waals surface area contributed by atoms with Gasteiger partial charge in [0.05, 0.1) is 25.0 Å². The van der Waals surface area contributed by atoms with Crippen molar-refractivity contribution in [2.45, 2.75) is 26.1 Å². The van der Waals surface area contributed by atoms with Crippen molar-refractivity contribution in [1.82, 2.24) is 0 Å². The Hall–Kier alpha value is -1.33. The molecule has 0 bridgehead atoms. The minimum atomic E-state index is 0.189. The van der Waals surface area contributed by atoms with Gasteiger partial charge in [-0.3, -0.25) is 0 Å². The summed E-state index contributed by atoms with van der Waals surface area (Å²) in [4.78, 5) is 2.67. The molecule has 0 unspecified atom stereocenters. The highest BCUT2D eigenvalue weighted by atomic mass is 32.1. The normalized spacial score (nSPS) is 23.2. The lowest BCUT2D eigenvalue weighted by atomic mass is 10.1. The lowest BCUT2D eigenvalue weighted by molar-refractivity contribution is -0.00523. The predicted octanol–water partition coefficient (Wildman–Crippen LogP) is 1.94. The highest BCUT2D eigenvalue weighted by molar-refractivity contribution is 7.80. The van der Waals surface area contributed by atoms with E-state index in [0.29, 0.717) is 4.99 Å². The van der Waals surface area contributed by atoms with Gasteiger partial charge < -0.3 is 20.1 Å². The summed E-state index contributed by atoms with van der Waals surface area (Å²) in [5, 5.41) is 0. The lowest BCUT2D eigenvalue weighted by Gasteiger charge is -2.37. The van der Waals surface area contributed by atoms with Gasteiger partial charge in [-0.25, -0.2) is 0 Å². The summed E-state index contributed by atoms with van der Waals surface area (Å²) >= 11 is 5.14. The molecule has 0 spiro atoms. The molecule has 1 aromatic carbocycles. The fourth-order valence-electron chi connectivity index (χ4n) is 2.48. The molecule has 0 amide bonds. The number of hydrogen-bond acceptors (Lipinski definition) is 4. The second kappa shape index (κ2) is 5.75. The Labute approximate surface area is 119 Å². The van der Waals surface area contributed by atoms with E-state index in [4.69, 9.17) is 27.4 Å². The molecule has 5 heteroatoms. The van der Waals surface area contributed by atoms with Crippen molar-refractivity contribution in [2.75, 3.05) is 25.1 Å². The molecule has 0 aliphatic carbocycles. The molecule has 19 heavy (non-hydrogen) atoms. The average Bonchev–Trinajstić information content (AvgIpc) is 2.36. The number of thiocarbonyl (C=S) groups is 1. The first-order valence-electron chi connectivity index (χ1n) is 6.39. The number of ether oxygens (including phenoxy) is 2. The van der Waals surface area contributed by atoms with E-state index in [9.17, 15) is 0 Å². The van der Waals surface area contributed by atoms with Crippen LogP contribution in [0.25, 0.3) is 0 Å². The fraction of sp³-hybridized carbons (Fsp3) is 0.500. The standard InChI is InChI=1S/C14H20N2O2S/c1-9-7-16(8-10(2)18-9)13-6-11(17-3)4-5-12(13)14(15)19/h4-6,9-10H,7-8H2,1-3H3,(H2,15,19)/t9-,10+. The number of nitrogens with zero attached hydrogens (tertiary/aromatic N) is 1. The quantitative estimate of drug-likeness (QED) is 0.858. The summed E-state index contributed by atoms with van der Waals surface area (Å²) in [5.74, 6) is 0.807. The highest BCUT2D eigenvalue weighted by Gasteiger charge is 2.24. The third-order valence-electron chi connectivity index (χ3n) is 3.23. The van der Waals surface area contributed by atoms with Crippen molar-refractivity contribution in [3.05, 3.63) is 23.8 Å². The van der Waals surface area contributed by atoms with Gasteiger partial charge in [0.25, 0.3) is 0 Å². The van der Waals surface area contributed by atoms with Gasteiger partial charge in [0.1, 0.15) is 10.7 Å². The summed E-state index contributed by atoms with van der Waals surface area (Å²) in [5.41, 5.74) is 7.72. The minimum absolute atomic E-state index is 0.189. The molecule has 2 N–H and O–H groups in total. The summed E-state index contributed by atoms with van der Waals surface area (Å²) < 4.78 is 11.0. The Morgan fingerprint density at radius 2 is 2.00 bits per heavy atom. The van der Waals surface area contributed by atoms with Crippen LogP contribution in [0.4, 0.5) is 5.69 Å². The maximum absolute atomic E-state index is 5.81. The van der Waals surface area contributed by atoms with E-state index in [2.05, 4.69) is 18.7 Å². The van der Waals surface area contributed by atoms with Crippen molar-refractivity contribution in [3.63, 3.8) is 0 Å². The van der Waals surface area contributed by atoms with Gasteiger partial charge in [-0.2, -0.15) is 0 Å². The first-order valence-corrected chi connectivity index (χ1v) is 6.80. The molecule has 1 saturated heterocycles. The molecule has 1 aromatic rings. The van der Waals surface area contributed by atoms with Gasteiger partial charge in [0.2, 0.25) is 0 Å². The fourth-order valence-corrected chi connectivity index (χ4v) is 2.66. The number of anilines is 1. The van der Waals surface area contributed by atoms with Gasteiger partial charge in [0.15, 0.2) is 0 Å². The van der Waals surface area contributed by atoms with Crippen LogP contribution in [0, 0.1) is 0 Å². The first kappa shape index (κ1) is 14.1. The Morgan fingerprint density at radius 3 is 2.53 bits per heavy atom. The zero-order valence-corrected chi connectivity index (χ0v) is 12.4.